The van der Waals surface area contributed by atoms with E-state index in [9.17, 15) is 4.39 Å². The van der Waals surface area contributed by atoms with Gasteiger partial charge in [0.2, 0.25) is 0 Å². The molecule has 0 N–H and O–H groups in total. The zero-order chi connectivity index (χ0) is 21.5. The highest BCUT2D eigenvalue weighted by Gasteiger charge is 2.24. The minimum absolute atomic E-state index is 0.121. The molecule has 1 aliphatic carbocycles. The molecule has 0 bridgehead atoms. The fourth-order valence-corrected chi connectivity index (χ4v) is 4.00. The third-order valence-electron chi connectivity index (χ3n) is 5.70. The third kappa shape index (κ3) is 5.56. The molecular formula is C26H29FN2O2. The fraction of sp³-hybridized carbons (Fsp3) is 0.308. The molecular weight excluding hydrogens is 391 g/mol. The molecule has 2 aromatic carbocycles. The molecule has 1 saturated heterocycles. The molecule has 162 valence electrons. The number of benzene rings is 2. The maximum absolute atomic E-state index is 13.6. The molecule has 1 atom stereocenters. The number of allylic oxidation sites excluding steroid dienone is 5. The van der Waals surface area contributed by atoms with Crippen LogP contribution >= 0.6 is 0 Å². The second-order valence-electron chi connectivity index (χ2n) is 7.77. The summed E-state index contributed by atoms with van der Waals surface area (Å²) in [5.74, 6) is 1.45. The van der Waals surface area contributed by atoms with Gasteiger partial charge in [0.1, 0.15) is 23.4 Å². The Labute approximate surface area is 183 Å². The first-order valence-electron chi connectivity index (χ1n) is 10.8. The van der Waals surface area contributed by atoms with Crippen LogP contribution in [0.5, 0.6) is 5.75 Å². The van der Waals surface area contributed by atoms with Gasteiger partial charge in [0.25, 0.3) is 0 Å². The smallest absolute Gasteiger partial charge is 0.142 e. The summed E-state index contributed by atoms with van der Waals surface area (Å²) in [4.78, 5) is 4.80. The summed E-state index contributed by atoms with van der Waals surface area (Å²) in [5, 5.41) is 0. The highest BCUT2D eigenvalue weighted by atomic mass is 19.1. The van der Waals surface area contributed by atoms with E-state index >= 15 is 0 Å². The van der Waals surface area contributed by atoms with Crippen molar-refractivity contribution in [1.82, 2.24) is 4.90 Å². The van der Waals surface area contributed by atoms with Crippen LogP contribution in [0.2, 0.25) is 0 Å². The lowest BCUT2D eigenvalue weighted by Gasteiger charge is -2.38. The number of rotatable bonds is 7. The van der Waals surface area contributed by atoms with E-state index < -0.39 is 0 Å². The van der Waals surface area contributed by atoms with Crippen LogP contribution in [0.3, 0.4) is 0 Å². The van der Waals surface area contributed by atoms with Crippen molar-refractivity contribution in [3.05, 3.63) is 96.1 Å². The standard InChI is InChI=1S/C26H29FN2O2/c1-30-25-13-6-5-12-24(25)29-18-16-28(17-19-29)20-26(21-8-3-2-4-9-21)31-23-11-7-10-22(27)14-15-23/h2-9,11-15,26H,10,16-20H2,1H3. The Hall–Kier alpha value is -3.05. The van der Waals surface area contributed by atoms with E-state index in [1.165, 1.54) is 6.08 Å². The van der Waals surface area contributed by atoms with Crippen LogP contribution in [-0.2, 0) is 4.74 Å². The van der Waals surface area contributed by atoms with Gasteiger partial charge in [0, 0.05) is 39.1 Å². The number of ether oxygens (including phenoxy) is 2. The molecule has 2 aromatic rings. The molecule has 31 heavy (non-hydrogen) atoms. The number of nitrogens with zero attached hydrogens (tertiary/aromatic N) is 2. The predicted octanol–water partition coefficient (Wildman–Crippen LogP) is 5.27. The Morgan fingerprint density at radius 1 is 0.935 bits per heavy atom. The summed E-state index contributed by atoms with van der Waals surface area (Å²) in [6.45, 7) is 4.51. The van der Waals surface area contributed by atoms with E-state index in [-0.39, 0.29) is 11.9 Å². The minimum atomic E-state index is -0.154. The average Bonchev–Trinajstić information content (AvgIpc) is 3.03. The third-order valence-corrected chi connectivity index (χ3v) is 5.70. The first-order chi connectivity index (χ1) is 15.2. The monoisotopic (exact) mass is 420 g/mol. The Kier molecular flexibility index (Phi) is 7.05. The largest absolute Gasteiger partial charge is 0.495 e. The van der Waals surface area contributed by atoms with Crippen molar-refractivity contribution in [3.8, 4) is 5.75 Å². The number of methoxy groups -OCH3 is 1. The van der Waals surface area contributed by atoms with Crippen LogP contribution in [0.1, 0.15) is 18.1 Å². The maximum atomic E-state index is 13.6. The van der Waals surface area contributed by atoms with Gasteiger partial charge in [-0.1, -0.05) is 48.5 Å². The highest BCUT2D eigenvalue weighted by molar-refractivity contribution is 5.58. The van der Waals surface area contributed by atoms with E-state index in [0.717, 1.165) is 49.7 Å². The second-order valence-corrected chi connectivity index (χ2v) is 7.77. The number of anilines is 1. The molecule has 1 aliphatic heterocycles. The summed E-state index contributed by atoms with van der Waals surface area (Å²) in [6.07, 6.45) is 7.06. The van der Waals surface area contributed by atoms with Gasteiger partial charge in [0.15, 0.2) is 0 Å². The zero-order valence-electron chi connectivity index (χ0n) is 17.9. The lowest BCUT2D eigenvalue weighted by molar-refractivity contribution is 0.0779. The molecule has 0 aromatic heterocycles. The highest BCUT2D eigenvalue weighted by Crippen LogP contribution is 2.29. The molecule has 0 saturated carbocycles. The van der Waals surface area contributed by atoms with Crippen molar-refractivity contribution in [2.45, 2.75) is 12.5 Å². The van der Waals surface area contributed by atoms with Crippen molar-refractivity contribution in [2.75, 3.05) is 44.7 Å². The van der Waals surface area contributed by atoms with E-state index in [4.69, 9.17) is 9.47 Å². The molecule has 2 aliphatic rings. The van der Waals surface area contributed by atoms with Gasteiger partial charge >= 0.3 is 0 Å². The number of para-hydroxylation sites is 2. The quantitative estimate of drug-likeness (QED) is 0.609. The van der Waals surface area contributed by atoms with Crippen LogP contribution in [0.15, 0.2) is 90.5 Å². The first-order valence-corrected chi connectivity index (χ1v) is 10.8. The lowest BCUT2D eigenvalue weighted by Crippen LogP contribution is -2.47. The summed E-state index contributed by atoms with van der Waals surface area (Å²) in [5.41, 5.74) is 2.26. The molecule has 0 spiro atoms. The van der Waals surface area contributed by atoms with Gasteiger partial charge in [-0.2, -0.15) is 0 Å². The van der Waals surface area contributed by atoms with Crippen molar-refractivity contribution < 1.29 is 13.9 Å². The first kappa shape index (κ1) is 21.2. The van der Waals surface area contributed by atoms with Gasteiger partial charge in [-0.25, -0.2) is 4.39 Å². The Morgan fingerprint density at radius 3 is 2.45 bits per heavy atom. The lowest BCUT2D eigenvalue weighted by atomic mass is 10.1. The topological polar surface area (TPSA) is 24.9 Å². The molecule has 0 radical (unpaired) electrons. The summed E-state index contributed by atoms with van der Waals surface area (Å²) >= 11 is 0. The Balaban J connectivity index is 1.43. The number of hydrogen-bond acceptors (Lipinski definition) is 4. The average molecular weight is 421 g/mol. The van der Waals surface area contributed by atoms with Gasteiger partial charge < -0.3 is 14.4 Å². The minimum Gasteiger partial charge on any atom is -0.495 e. The molecule has 4 rings (SSSR count). The van der Waals surface area contributed by atoms with Crippen LogP contribution in [0.4, 0.5) is 10.1 Å². The van der Waals surface area contributed by atoms with E-state index in [1.807, 2.05) is 36.4 Å². The molecule has 5 heteroatoms. The maximum Gasteiger partial charge on any atom is 0.142 e. The number of hydrogen-bond donors (Lipinski definition) is 0. The van der Waals surface area contributed by atoms with Crippen LogP contribution in [0, 0.1) is 0 Å². The molecule has 1 heterocycles. The summed E-state index contributed by atoms with van der Waals surface area (Å²) < 4.78 is 25.4. The van der Waals surface area contributed by atoms with Gasteiger partial charge in [0.05, 0.1) is 12.8 Å². The molecule has 1 fully saturated rings. The molecule has 1 unspecified atom stereocenters. The van der Waals surface area contributed by atoms with Gasteiger partial charge in [-0.3, -0.25) is 4.90 Å². The summed E-state index contributed by atoms with van der Waals surface area (Å²) in [6, 6.07) is 18.4. The van der Waals surface area contributed by atoms with E-state index in [2.05, 4.69) is 34.1 Å². The van der Waals surface area contributed by atoms with Crippen LogP contribution < -0.4 is 9.64 Å². The van der Waals surface area contributed by atoms with Crippen LogP contribution in [0.25, 0.3) is 0 Å². The van der Waals surface area contributed by atoms with Crippen molar-refractivity contribution in [3.63, 3.8) is 0 Å². The normalized spacial score (nSPS) is 18.1. The van der Waals surface area contributed by atoms with E-state index in [1.54, 1.807) is 19.3 Å². The predicted molar refractivity (Wildman–Crippen MR) is 123 cm³/mol. The number of halogens is 1. The fourth-order valence-electron chi connectivity index (χ4n) is 4.00. The molecule has 4 nitrogen and oxygen atoms in total. The Bertz CT molecular complexity index is 947. The summed E-state index contributed by atoms with van der Waals surface area (Å²) in [7, 11) is 1.72. The van der Waals surface area contributed by atoms with E-state index in [0.29, 0.717) is 12.2 Å². The Morgan fingerprint density at radius 2 is 1.68 bits per heavy atom. The van der Waals surface area contributed by atoms with Gasteiger partial charge in [-0.15, -0.1) is 0 Å². The van der Waals surface area contributed by atoms with Crippen molar-refractivity contribution >= 4 is 5.69 Å². The SMILES string of the molecule is COc1ccccc1N1CCN(CC(OC2=CC=C(F)CC=C2)c2ccccc2)CC1. The van der Waals surface area contributed by atoms with Crippen LogP contribution in [-0.4, -0.2) is 44.7 Å². The zero-order valence-corrected chi connectivity index (χ0v) is 17.9. The second kappa shape index (κ2) is 10.3. The van der Waals surface area contributed by atoms with Crippen molar-refractivity contribution in [2.24, 2.45) is 0 Å². The van der Waals surface area contributed by atoms with Crippen molar-refractivity contribution in [1.29, 1.82) is 0 Å². The molecule has 0 amide bonds. The number of piperazine rings is 1. The van der Waals surface area contributed by atoms with Gasteiger partial charge in [-0.05, 0) is 35.9 Å².